The molecule has 0 unspecified atom stereocenters. The number of nitrogens with zero attached hydrogens (tertiary/aromatic N) is 2. The third kappa shape index (κ3) is 5.31. The number of rotatable bonds is 7. The minimum Gasteiger partial charge on any atom is -0.504 e. The lowest BCUT2D eigenvalue weighted by molar-refractivity contribution is -0.271. The Morgan fingerprint density at radius 2 is 1.83 bits per heavy atom. The number of aliphatic hydroxyl groups is 3. The van der Waals surface area contributed by atoms with E-state index >= 15 is 0 Å². The molecule has 2 heterocycles. The summed E-state index contributed by atoms with van der Waals surface area (Å²) in [5, 5.41) is 50.8. The van der Waals surface area contributed by atoms with Crippen molar-refractivity contribution in [3.05, 3.63) is 35.4 Å². The Kier molecular flexibility index (Phi) is 7.67. The van der Waals surface area contributed by atoms with Crippen molar-refractivity contribution in [3.63, 3.8) is 0 Å². The fourth-order valence-electron chi connectivity index (χ4n) is 4.02. The van der Waals surface area contributed by atoms with Crippen molar-refractivity contribution in [2.45, 2.75) is 46.9 Å². The molecular weight excluding hydrogens is 500 g/mol. The summed E-state index contributed by atoms with van der Waals surface area (Å²) in [6, 6.07) is 8.66. The second kappa shape index (κ2) is 10.4. The van der Waals surface area contributed by atoms with Crippen LogP contribution < -0.4 is 9.64 Å². The Balaban J connectivity index is 1.67. The number of phenols is 1. The lowest BCUT2D eigenvalue weighted by Gasteiger charge is -2.39. The number of carboxylic acids is 1. The molecule has 190 valence electrons. The Labute approximate surface area is 211 Å². The van der Waals surface area contributed by atoms with Gasteiger partial charge in [0.25, 0.3) is 0 Å². The molecule has 4 rings (SSSR count). The molecule has 5 atom stereocenters. The lowest BCUT2D eigenvalue weighted by Crippen LogP contribution is -2.61. The first-order chi connectivity index (χ1) is 16.6. The number of aromatic hydroxyl groups is 1. The predicted octanol–water partition coefficient (Wildman–Crippen LogP) is 1.87. The second-order valence-electron chi connectivity index (χ2n) is 8.66. The van der Waals surface area contributed by atoms with Crippen molar-refractivity contribution in [1.29, 1.82) is 0 Å². The summed E-state index contributed by atoms with van der Waals surface area (Å²) in [5.41, 5.74) is 1.61. The largest absolute Gasteiger partial charge is 0.504 e. The fraction of sp³-hybridized carbons (Fsp3) is 0.435. The van der Waals surface area contributed by atoms with Gasteiger partial charge >= 0.3 is 5.97 Å². The van der Waals surface area contributed by atoms with Crippen molar-refractivity contribution in [1.82, 2.24) is 4.90 Å². The van der Waals surface area contributed by atoms with Crippen LogP contribution in [0.1, 0.15) is 6.42 Å². The number of hydrogen-bond acceptors (Lipinski definition) is 10. The quantitative estimate of drug-likeness (QED) is 0.360. The van der Waals surface area contributed by atoms with Gasteiger partial charge < -0.3 is 44.8 Å². The normalized spacial score (nSPS) is 25.8. The van der Waals surface area contributed by atoms with E-state index in [0.717, 1.165) is 34.1 Å². The van der Waals surface area contributed by atoms with E-state index in [-0.39, 0.29) is 11.5 Å². The third-order valence-corrected chi connectivity index (χ3v) is 7.15. The van der Waals surface area contributed by atoms with Crippen LogP contribution in [0.2, 0.25) is 5.02 Å². The maximum Gasteiger partial charge on any atom is 0.335 e. The molecule has 0 aromatic heterocycles. The van der Waals surface area contributed by atoms with Crippen LogP contribution in [0.5, 0.6) is 11.5 Å². The van der Waals surface area contributed by atoms with E-state index < -0.39 is 36.7 Å². The van der Waals surface area contributed by atoms with Crippen molar-refractivity contribution < 1.29 is 39.8 Å². The molecule has 35 heavy (non-hydrogen) atoms. The molecule has 0 radical (unpaired) electrons. The van der Waals surface area contributed by atoms with E-state index in [4.69, 9.17) is 21.1 Å². The monoisotopic (exact) mass is 526 g/mol. The Hall–Kier alpha value is -2.25. The van der Waals surface area contributed by atoms with Crippen LogP contribution in [-0.4, -0.2) is 94.3 Å². The molecule has 10 nitrogen and oxygen atoms in total. The summed E-state index contributed by atoms with van der Waals surface area (Å²) < 4.78 is 10.8. The molecule has 2 aromatic carbocycles. The number of phenolic OH excluding ortho intramolecular Hbond substituents is 1. The number of hydrogen-bond donors (Lipinski definition) is 5. The van der Waals surface area contributed by atoms with Gasteiger partial charge in [-0.3, -0.25) is 0 Å². The van der Waals surface area contributed by atoms with Gasteiger partial charge in [0.15, 0.2) is 17.6 Å². The average molecular weight is 527 g/mol. The highest BCUT2D eigenvalue weighted by atomic mass is 35.5. The maximum absolute atomic E-state index is 11.4. The molecule has 12 heteroatoms. The molecule has 2 aliphatic rings. The number of carbonyl (C=O) groups is 1. The van der Waals surface area contributed by atoms with Crippen LogP contribution >= 0.6 is 23.4 Å². The fourth-order valence-corrected chi connectivity index (χ4v) is 5.28. The van der Waals surface area contributed by atoms with E-state index in [1.807, 2.05) is 26.2 Å². The molecule has 2 aromatic rings. The van der Waals surface area contributed by atoms with Crippen LogP contribution in [0.25, 0.3) is 0 Å². The van der Waals surface area contributed by atoms with Gasteiger partial charge in [0, 0.05) is 27.4 Å². The summed E-state index contributed by atoms with van der Waals surface area (Å²) in [6.07, 6.45) is -8.04. The zero-order valence-corrected chi connectivity index (χ0v) is 20.6. The Morgan fingerprint density at radius 3 is 2.51 bits per heavy atom. The van der Waals surface area contributed by atoms with E-state index in [1.54, 1.807) is 12.1 Å². The molecule has 0 aliphatic carbocycles. The van der Waals surface area contributed by atoms with E-state index in [1.165, 1.54) is 17.8 Å². The predicted molar refractivity (Wildman–Crippen MR) is 129 cm³/mol. The molecule has 1 fully saturated rings. The van der Waals surface area contributed by atoms with E-state index in [9.17, 15) is 30.3 Å². The van der Waals surface area contributed by atoms with Crippen molar-refractivity contribution in [2.75, 3.05) is 32.1 Å². The minimum absolute atomic E-state index is 0.0794. The number of fused-ring (bicyclic) bond motifs is 2. The average Bonchev–Trinajstić information content (AvgIpc) is 2.79. The van der Waals surface area contributed by atoms with Crippen molar-refractivity contribution in [2.24, 2.45) is 0 Å². The smallest absolute Gasteiger partial charge is 0.335 e. The van der Waals surface area contributed by atoms with Crippen molar-refractivity contribution in [3.8, 4) is 11.5 Å². The molecule has 5 N–H and O–H groups in total. The van der Waals surface area contributed by atoms with Crippen LogP contribution in [-0.2, 0) is 9.53 Å². The van der Waals surface area contributed by atoms with Gasteiger partial charge in [0.2, 0.25) is 6.29 Å². The molecule has 0 spiro atoms. The van der Waals surface area contributed by atoms with Gasteiger partial charge in [0.1, 0.15) is 18.3 Å². The number of anilines is 2. The molecule has 0 bridgehead atoms. The summed E-state index contributed by atoms with van der Waals surface area (Å²) in [6.45, 7) is 1.48. The SMILES string of the molecule is CN(C)CCCN1c2cc(Cl)ccc2Sc2cc(O)c(O[C@@H]3O[C@H](C(=O)O)[C@@H](O)[C@H](O)[C@H]3O)cc21. The Morgan fingerprint density at radius 1 is 1.11 bits per heavy atom. The zero-order chi connectivity index (χ0) is 25.4. The highest BCUT2D eigenvalue weighted by molar-refractivity contribution is 7.99. The maximum atomic E-state index is 11.4. The highest BCUT2D eigenvalue weighted by Gasteiger charge is 2.48. The van der Waals surface area contributed by atoms with Crippen LogP contribution in [0.15, 0.2) is 40.1 Å². The number of aliphatic hydroxyl groups excluding tert-OH is 3. The first kappa shape index (κ1) is 25.8. The number of aliphatic carboxylic acids is 1. The number of benzene rings is 2. The topological polar surface area (TPSA) is 143 Å². The van der Waals surface area contributed by atoms with Gasteiger partial charge in [-0.2, -0.15) is 0 Å². The first-order valence-electron chi connectivity index (χ1n) is 10.9. The van der Waals surface area contributed by atoms with Crippen molar-refractivity contribution >= 4 is 40.7 Å². The molecule has 0 amide bonds. The molecule has 2 aliphatic heterocycles. The lowest BCUT2D eigenvalue weighted by atomic mass is 9.99. The minimum atomic E-state index is -1.84. The van der Waals surface area contributed by atoms with Gasteiger partial charge in [-0.05, 0) is 51.3 Å². The van der Waals surface area contributed by atoms with E-state index in [0.29, 0.717) is 11.6 Å². The van der Waals surface area contributed by atoms with Crippen LogP contribution in [0, 0.1) is 0 Å². The standard InChI is InChI=1S/C23H27ClN2O8S/c1-25(2)6-3-7-26-12-8-11(24)4-5-16(12)35-17-10-14(27)15(9-13(17)26)33-23-20(30)18(28)19(29)21(34-23)22(31)32/h4-5,8-10,18-21,23,27-30H,3,6-7H2,1-2H3,(H,31,32)/t18-,19-,20+,21-,23+/m0/s1. The second-order valence-corrected chi connectivity index (χ2v) is 10.2. The third-order valence-electron chi connectivity index (χ3n) is 5.81. The molecule has 0 saturated carbocycles. The molecule has 1 saturated heterocycles. The van der Waals surface area contributed by atoms with Gasteiger partial charge in [-0.1, -0.05) is 23.4 Å². The summed E-state index contributed by atoms with van der Waals surface area (Å²) in [7, 11) is 3.97. The first-order valence-corrected chi connectivity index (χ1v) is 12.1. The summed E-state index contributed by atoms with van der Waals surface area (Å²) in [4.78, 5) is 17.3. The van der Waals surface area contributed by atoms with Gasteiger partial charge in [-0.25, -0.2) is 4.79 Å². The number of ether oxygens (including phenoxy) is 2. The van der Waals surface area contributed by atoms with Crippen LogP contribution in [0.3, 0.4) is 0 Å². The number of halogens is 1. The molecular formula is C23H27ClN2O8S. The van der Waals surface area contributed by atoms with Gasteiger partial charge in [0.05, 0.1) is 11.4 Å². The summed E-state index contributed by atoms with van der Waals surface area (Å²) in [5.74, 6) is -1.86. The summed E-state index contributed by atoms with van der Waals surface area (Å²) >= 11 is 7.73. The number of carboxylic acid groups (broad SMARTS) is 1. The zero-order valence-electron chi connectivity index (χ0n) is 19.0. The van der Waals surface area contributed by atoms with Crippen LogP contribution in [0.4, 0.5) is 11.4 Å². The van der Waals surface area contributed by atoms with Gasteiger partial charge in [-0.15, -0.1) is 0 Å². The van der Waals surface area contributed by atoms with E-state index in [2.05, 4.69) is 9.80 Å². The highest BCUT2D eigenvalue weighted by Crippen LogP contribution is 2.52. The Bertz CT molecular complexity index is 1100.